The highest BCUT2D eigenvalue weighted by atomic mass is 35.5. The van der Waals surface area contributed by atoms with Gasteiger partial charge < -0.3 is 20.4 Å². The van der Waals surface area contributed by atoms with Crippen molar-refractivity contribution in [3.8, 4) is 11.1 Å². The van der Waals surface area contributed by atoms with Crippen molar-refractivity contribution in [1.82, 2.24) is 14.7 Å². The molecular formula is C39H42Cl2N4O2. The van der Waals surface area contributed by atoms with Gasteiger partial charge in [-0.3, -0.25) is 9.59 Å². The molecule has 244 valence electrons. The van der Waals surface area contributed by atoms with E-state index in [1.807, 2.05) is 66.1 Å². The van der Waals surface area contributed by atoms with Gasteiger partial charge in [-0.2, -0.15) is 0 Å². The SMILES string of the molecule is Cc1cc(C)cc(C(=O)N2CCN(C(=O)CN)C(c3ccc(Cl)c(Cl)c3)(C3CCN(C)CC3)C2c2ccc(-c3ccccc3)cc2)c1. The van der Waals surface area contributed by atoms with Gasteiger partial charge in [0.05, 0.1) is 28.2 Å². The number of likely N-dealkylation sites (tertiary alicyclic amines) is 1. The van der Waals surface area contributed by atoms with E-state index in [-0.39, 0.29) is 24.3 Å². The van der Waals surface area contributed by atoms with Crippen molar-refractivity contribution in [2.75, 3.05) is 39.8 Å². The number of amides is 2. The Kier molecular flexibility index (Phi) is 9.77. The van der Waals surface area contributed by atoms with Gasteiger partial charge in [0, 0.05) is 18.7 Å². The predicted octanol–water partition coefficient (Wildman–Crippen LogP) is 7.50. The zero-order chi connectivity index (χ0) is 33.3. The number of nitrogens with two attached hydrogens (primary N) is 1. The molecule has 6 nitrogen and oxygen atoms in total. The third-order valence-electron chi connectivity index (χ3n) is 10.0. The molecule has 0 aromatic heterocycles. The summed E-state index contributed by atoms with van der Waals surface area (Å²) < 4.78 is 0. The fourth-order valence-corrected chi connectivity index (χ4v) is 8.24. The second kappa shape index (κ2) is 13.8. The van der Waals surface area contributed by atoms with E-state index in [0.717, 1.165) is 59.3 Å². The summed E-state index contributed by atoms with van der Waals surface area (Å²) in [4.78, 5) is 35.2. The highest BCUT2D eigenvalue weighted by molar-refractivity contribution is 6.42. The number of carbonyl (C=O) groups is 2. The van der Waals surface area contributed by atoms with Gasteiger partial charge in [-0.15, -0.1) is 0 Å². The van der Waals surface area contributed by atoms with E-state index in [4.69, 9.17) is 28.9 Å². The van der Waals surface area contributed by atoms with Crippen LogP contribution < -0.4 is 5.73 Å². The van der Waals surface area contributed by atoms with Crippen molar-refractivity contribution < 1.29 is 9.59 Å². The third kappa shape index (κ3) is 6.32. The molecule has 2 aliphatic rings. The van der Waals surface area contributed by atoms with Crippen LogP contribution in [0.2, 0.25) is 10.0 Å². The average molecular weight is 670 g/mol. The topological polar surface area (TPSA) is 69.9 Å². The van der Waals surface area contributed by atoms with Crippen LogP contribution in [0.3, 0.4) is 0 Å². The summed E-state index contributed by atoms with van der Waals surface area (Å²) in [6.45, 7) is 6.32. The summed E-state index contributed by atoms with van der Waals surface area (Å²) in [6.07, 6.45) is 1.66. The minimum absolute atomic E-state index is 0.0000811. The number of piperazine rings is 1. The standard InChI is InChI=1S/C39H42Cl2N4O2/c1-26-21-27(2)23-31(22-26)38(47)44-19-20-45(36(46)25-42)39(32-15-17-43(3)18-16-32,33-13-14-34(40)35(41)24-33)37(44)30-11-9-29(10-12-30)28-7-5-4-6-8-28/h4-14,21-24,32,37H,15-20,25,42H2,1-3H3. The lowest BCUT2D eigenvalue weighted by Gasteiger charge is -2.60. The smallest absolute Gasteiger partial charge is 0.254 e. The molecule has 4 aromatic carbocycles. The molecule has 0 spiro atoms. The van der Waals surface area contributed by atoms with Crippen LogP contribution in [0.1, 0.15) is 51.5 Å². The first-order chi connectivity index (χ1) is 22.6. The van der Waals surface area contributed by atoms with Gasteiger partial charge in [0.1, 0.15) is 0 Å². The molecule has 4 aromatic rings. The number of halogens is 2. The molecule has 2 aliphatic heterocycles. The van der Waals surface area contributed by atoms with Crippen LogP contribution in [0.4, 0.5) is 0 Å². The predicted molar refractivity (Wildman–Crippen MR) is 191 cm³/mol. The molecule has 2 heterocycles. The summed E-state index contributed by atoms with van der Waals surface area (Å²) in [5.74, 6) is -0.217. The Morgan fingerprint density at radius 1 is 0.787 bits per heavy atom. The quantitative estimate of drug-likeness (QED) is 0.231. The van der Waals surface area contributed by atoms with E-state index < -0.39 is 11.6 Å². The van der Waals surface area contributed by atoms with Crippen LogP contribution in [0, 0.1) is 19.8 Å². The Morgan fingerprint density at radius 3 is 2.04 bits per heavy atom. The molecule has 0 bridgehead atoms. The Balaban J connectivity index is 1.63. The minimum atomic E-state index is -0.965. The normalized spacial score (nSPS) is 20.8. The van der Waals surface area contributed by atoms with E-state index in [2.05, 4.69) is 54.4 Å². The molecule has 47 heavy (non-hydrogen) atoms. The molecule has 8 heteroatoms. The van der Waals surface area contributed by atoms with Gasteiger partial charge in [-0.1, -0.05) is 101 Å². The van der Waals surface area contributed by atoms with E-state index in [9.17, 15) is 9.59 Å². The number of nitrogens with zero attached hydrogens (tertiary/aromatic N) is 3. The number of piperidine rings is 1. The molecule has 0 radical (unpaired) electrons. The third-order valence-corrected chi connectivity index (χ3v) is 10.7. The highest BCUT2D eigenvalue weighted by Gasteiger charge is 2.58. The van der Waals surface area contributed by atoms with Crippen LogP contribution in [-0.4, -0.2) is 66.3 Å². The van der Waals surface area contributed by atoms with Crippen molar-refractivity contribution in [1.29, 1.82) is 0 Å². The number of carbonyl (C=O) groups excluding carboxylic acids is 2. The average Bonchev–Trinajstić information content (AvgIpc) is 3.08. The number of aryl methyl sites for hydroxylation is 2. The second-order valence-electron chi connectivity index (χ2n) is 13.0. The molecule has 0 aliphatic carbocycles. The van der Waals surface area contributed by atoms with E-state index in [0.29, 0.717) is 28.7 Å². The molecule has 2 atom stereocenters. The van der Waals surface area contributed by atoms with E-state index >= 15 is 0 Å². The summed E-state index contributed by atoms with van der Waals surface area (Å²) >= 11 is 13.3. The Morgan fingerprint density at radius 2 is 1.43 bits per heavy atom. The lowest BCUT2D eigenvalue weighted by atomic mass is 9.64. The van der Waals surface area contributed by atoms with Crippen molar-refractivity contribution in [2.24, 2.45) is 11.7 Å². The fourth-order valence-electron chi connectivity index (χ4n) is 7.94. The monoisotopic (exact) mass is 668 g/mol. The zero-order valence-corrected chi connectivity index (χ0v) is 28.8. The zero-order valence-electron chi connectivity index (χ0n) is 27.3. The number of benzene rings is 4. The van der Waals surface area contributed by atoms with Gasteiger partial charge in [-0.25, -0.2) is 0 Å². The van der Waals surface area contributed by atoms with E-state index in [1.165, 1.54) is 0 Å². The first-order valence-corrected chi connectivity index (χ1v) is 17.1. The fraction of sp³-hybridized carbons (Fsp3) is 0.333. The van der Waals surface area contributed by atoms with Crippen LogP contribution in [-0.2, 0) is 10.3 Å². The Labute approximate surface area is 288 Å². The van der Waals surface area contributed by atoms with Crippen LogP contribution in [0.25, 0.3) is 11.1 Å². The van der Waals surface area contributed by atoms with Crippen LogP contribution in [0.15, 0.2) is 91.0 Å². The van der Waals surface area contributed by atoms with Gasteiger partial charge in [0.25, 0.3) is 5.91 Å². The lowest BCUT2D eigenvalue weighted by molar-refractivity contribution is -0.154. The summed E-state index contributed by atoms with van der Waals surface area (Å²) in [6, 6.07) is 29.9. The largest absolute Gasteiger partial charge is 0.327 e. The lowest BCUT2D eigenvalue weighted by Crippen LogP contribution is -2.68. The molecule has 0 saturated carbocycles. The molecular weight excluding hydrogens is 627 g/mol. The van der Waals surface area contributed by atoms with Crippen LogP contribution >= 0.6 is 23.2 Å². The summed E-state index contributed by atoms with van der Waals surface area (Å²) in [5.41, 5.74) is 11.9. The molecule has 2 fully saturated rings. The van der Waals surface area contributed by atoms with E-state index in [1.54, 1.807) is 6.07 Å². The van der Waals surface area contributed by atoms with Gasteiger partial charge in [0.15, 0.2) is 0 Å². The maximum Gasteiger partial charge on any atom is 0.254 e. The van der Waals surface area contributed by atoms with Crippen molar-refractivity contribution >= 4 is 35.0 Å². The Bertz CT molecular complexity index is 1730. The number of hydrogen-bond acceptors (Lipinski definition) is 4. The Hall–Kier alpha value is -3.68. The van der Waals surface area contributed by atoms with Crippen molar-refractivity contribution in [3.05, 3.63) is 129 Å². The molecule has 2 unspecified atom stereocenters. The molecule has 6 rings (SSSR count). The first kappa shape index (κ1) is 33.2. The van der Waals surface area contributed by atoms with Crippen LogP contribution in [0.5, 0.6) is 0 Å². The number of rotatable bonds is 6. The molecule has 2 N–H and O–H groups in total. The molecule has 2 amide bonds. The van der Waals surface area contributed by atoms with Gasteiger partial charge in [-0.05, 0) is 99.3 Å². The molecule has 2 saturated heterocycles. The minimum Gasteiger partial charge on any atom is -0.327 e. The maximum atomic E-state index is 14.8. The first-order valence-electron chi connectivity index (χ1n) is 16.3. The van der Waals surface area contributed by atoms with Crippen molar-refractivity contribution in [3.63, 3.8) is 0 Å². The van der Waals surface area contributed by atoms with Gasteiger partial charge in [0.2, 0.25) is 5.91 Å². The maximum absolute atomic E-state index is 14.8. The summed E-state index contributed by atoms with van der Waals surface area (Å²) in [7, 11) is 2.13. The number of hydrogen-bond donors (Lipinski definition) is 1. The summed E-state index contributed by atoms with van der Waals surface area (Å²) in [5, 5.41) is 0.848. The van der Waals surface area contributed by atoms with Crippen molar-refractivity contribution in [2.45, 2.75) is 38.3 Å². The van der Waals surface area contributed by atoms with Gasteiger partial charge >= 0.3 is 0 Å². The highest BCUT2D eigenvalue weighted by Crippen LogP contribution is 2.55. The second-order valence-corrected chi connectivity index (χ2v) is 13.9.